The van der Waals surface area contributed by atoms with Crippen molar-refractivity contribution in [3.63, 3.8) is 0 Å². The van der Waals surface area contributed by atoms with Gasteiger partial charge in [0.15, 0.2) is 16.7 Å². The van der Waals surface area contributed by atoms with E-state index in [1.165, 1.54) is 48.4 Å². The zero-order valence-corrected chi connectivity index (χ0v) is 19.8. The van der Waals surface area contributed by atoms with E-state index in [1.807, 2.05) is 0 Å². The quantitative estimate of drug-likeness (QED) is 0.218. The van der Waals surface area contributed by atoms with Crippen LogP contribution in [-0.4, -0.2) is 33.0 Å². The van der Waals surface area contributed by atoms with Gasteiger partial charge in [-0.05, 0) is 36.6 Å². The number of halogens is 3. The number of ether oxygens (including phenoxy) is 1. The van der Waals surface area contributed by atoms with Gasteiger partial charge in [0.05, 0.1) is 5.69 Å². The fourth-order valence-electron chi connectivity index (χ4n) is 3.04. The number of carbonyl (C=O) groups excluding carboxylic acids is 2. The van der Waals surface area contributed by atoms with Crippen LogP contribution in [0, 0.1) is 17.5 Å². The summed E-state index contributed by atoms with van der Waals surface area (Å²) < 4.78 is 47.5. The Hall–Kier alpha value is -4.65. The minimum atomic E-state index is -0.959. The van der Waals surface area contributed by atoms with Crippen LogP contribution in [0.15, 0.2) is 66.1 Å². The van der Waals surface area contributed by atoms with Crippen molar-refractivity contribution in [2.75, 3.05) is 16.9 Å². The van der Waals surface area contributed by atoms with Crippen molar-refractivity contribution in [3.8, 4) is 11.5 Å². The van der Waals surface area contributed by atoms with Crippen LogP contribution in [0.3, 0.4) is 0 Å². The number of rotatable bonds is 8. The number of primary amides is 1. The van der Waals surface area contributed by atoms with Crippen LogP contribution in [0.2, 0.25) is 0 Å². The Bertz CT molecular complexity index is 1500. The number of anilines is 3. The molecule has 37 heavy (non-hydrogen) atoms. The van der Waals surface area contributed by atoms with Gasteiger partial charge in [-0.3, -0.25) is 14.6 Å². The first-order valence-corrected chi connectivity index (χ1v) is 11.6. The first-order valence-electron chi connectivity index (χ1n) is 10.4. The second-order valence-electron chi connectivity index (χ2n) is 7.31. The second-order valence-corrected chi connectivity index (χ2v) is 8.08. The standard InChI is InChI=1S/C24H17F3N6O3S/c1-37-24-30-11-15(23(35)32-18-4-2-12(25)8-16(18)26)22(33-24)31-13-3-5-20(17(27)9-13)36-14-6-7-29-19(10-14)21(28)34/h2-11H,1H3,(H2,28,34)(H,32,35)(H,30,31,33). The fraction of sp³-hybridized carbons (Fsp3) is 0.0417. The molecule has 13 heteroatoms. The Labute approximate surface area is 212 Å². The first kappa shape index (κ1) is 25.4. The van der Waals surface area contributed by atoms with E-state index in [0.717, 1.165) is 18.2 Å². The van der Waals surface area contributed by atoms with Crippen LogP contribution in [0.1, 0.15) is 20.8 Å². The van der Waals surface area contributed by atoms with Crippen molar-refractivity contribution < 1.29 is 27.5 Å². The Morgan fingerprint density at radius 3 is 2.51 bits per heavy atom. The van der Waals surface area contributed by atoms with Crippen molar-refractivity contribution in [2.24, 2.45) is 5.73 Å². The minimum Gasteiger partial charge on any atom is -0.454 e. The van der Waals surface area contributed by atoms with E-state index in [4.69, 9.17) is 10.5 Å². The van der Waals surface area contributed by atoms with Crippen LogP contribution in [0.4, 0.5) is 30.4 Å². The molecule has 9 nitrogen and oxygen atoms in total. The molecule has 0 aliphatic rings. The largest absolute Gasteiger partial charge is 0.454 e. The van der Waals surface area contributed by atoms with Gasteiger partial charge in [-0.15, -0.1) is 0 Å². The zero-order chi connectivity index (χ0) is 26.5. The van der Waals surface area contributed by atoms with Gasteiger partial charge in [0.25, 0.3) is 11.8 Å². The Balaban J connectivity index is 1.57. The van der Waals surface area contributed by atoms with Crippen LogP contribution in [0.5, 0.6) is 11.5 Å². The molecule has 2 heterocycles. The molecule has 4 N–H and O–H groups in total. The lowest BCUT2D eigenvalue weighted by molar-refractivity contribution is 0.0993. The van der Waals surface area contributed by atoms with Gasteiger partial charge >= 0.3 is 0 Å². The molecule has 0 saturated carbocycles. The summed E-state index contributed by atoms with van der Waals surface area (Å²) in [6.07, 6.45) is 4.25. The highest BCUT2D eigenvalue weighted by molar-refractivity contribution is 7.98. The van der Waals surface area contributed by atoms with Gasteiger partial charge in [-0.1, -0.05) is 11.8 Å². The van der Waals surface area contributed by atoms with Crippen LogP contribution < -0.4 is 21.1 Å². The number of carbonyl (C=O) groups is 2. The number of pyridine rings is 1. The molecule has 0 aliphatic carbocycles. The second kappa shape index (κ2) is 11.0. The zero-order valence-electron chi connectivity index (χ0n) is 19.0. The van der Waals surface area contributed by atoms with Gasteiger partial charge in [0.2, 0.25) is 0 Å². The predicted molar refractivity (Wildman–Crippen MR) is 131 cm³/mol. The van der Waals surface area contributed by atoms with Crippen molar-refractivity contribution in [1.82, 2.24) is 15.0 Å². The van der Waals surface area contributed by atoms with Crippen LogP contribution in [-0.2, 0) is 0 Å². The summed E-state index contributed by atoms with van der Waals surface area (Å²) in [5.41, 5.74) is 5.05. The highest BCUT2D eigenvalue weighted by atomic mass is 32.2. The maximum Gasteiger partial charge on any atom is 0.267 e. The summed E-state index contributed by atoms with van der Waals surface area (Å²) in [7, 11) is 0. The van der Waals surface area contributed by atoms with E-state index in [1.54, 1.807) is 6.26 Å². The molecule has 4 aromatic rings. The van der Waals surface area contributed by atoms with Crippen molar-refractivity contribution in [3.05, 3.63) is 89.6 Å². The highest BCUT2D eigenvalue weighted by Crippen LogP contribution is 2.29. The summed E-state index contributed by atoms with van der Waals surface area (Å²) in [6.45, 7) is 0. The average Bonchev–Trinajstić information content (AvgIpc) is 2.87. The van der Waals surface area contributed by atoms with E-state index in [0.29, 0.717) is 11.2 Å². The molecule has 0 atom stereocenters. The third-order valence-corrected chi connectivity index (χ3v) is 5.34. The third kappa shape index (κ3) is 6.13. The number of hydrogen-bond donors (Lipinski definition) is 3. The van der Waals surface area contributed by atoms with E-state index in [9.17, 15) is 22.8 Å². The summed E-state index contributed by atoms with van der Waals surface area (Å²) in [4.78, 5) is 36.2. The molecule has 0 aliphatic heterocycles. The lowest BCUT2D eigenvalue weighted by Crippen LogP contribution is -2.16. The van der Waals surface area contributed by atoms with Crippen LogP contribution >= 0.6 is 11.8 Å². The molecule has 2 aromatic heterocycles. The molecule has 2 aromatic carbocycles. The normalized spacial score (nSPS) is 10.6. The number of benzene rings is 2. The third-order valence-electron chi connectivity index (χ3n) is 4.78. The van der Waals surface area contributed by atoms with Crippen molar-refractivity contribution >= 4 is 40.8 Å². The summed E-state index contributed by atoms with van der Waals surface area (Å²) >= 11 is 1.20. The molecule has 0 unspecified atom stereocenters. The van der Waals surface area contributed by atoms with E-state index >= 15 is 0 Å². The van der Waals surface area contributed by atoms with Crippen LogP contribution in [0.25, 0.3) is 0 Å². The lowest BCUT2D eigenvalue weighted by Gasteiger charge is -2.13. The van der Waals surface area contributed by atoms with E-state index in [-0.39, 0.29) is 39.9 Å². The Morgan fingerprint density at radius 2 is 1.81 bits per heavy atom. The maximum atomic E-state index is 14.8. The number of nitrogens with one attached hydrogen (secondary N) is 2. The molecule has 0 fully saturated rings. The number of hydrogen-bond acceptors (Lipinski definition) is 8. The van der Waals surface area contributed by atoms with Gasteiger partial charge in [-0.25, -0.2) is 23.1 Å². The molecule has 0 saturated heterocycles. The molecule has 188 valence electrons. The summed E-state index contributed by atoms with van der Waals surface area (Å²) in [5, 5.41) is 5.50. The Kier molecular flexibility index (Phi) is 7.53. The predicted octanol–water partition coefficient (Wildman–Crippen LogP) is 4.90. The molecule has 0 radical (unpaired) electrons. The number of nitrogens with zero attached hydrogens (tertiary/aromatic N) is 3. The SMILES string of the molecule is CSc1ncc(C(=O)Nc2ccc(F)cc2F)c(Nc2ccc(Oc3ccnc(C(N)=O)c3)c(F)c2)n1. The molecule has 2 amide bonds. The van der Waals surface area contributed by atoms with E-state index in [2.05, 4.69) is 25.6 Å². The van der Waals surface area contributed by atoms with Gasteiger partial charge in [0.1, 0.15) is 34.5 Å². The number of aromatic nitrogens is 3. The maximum absolute atomic E-state index is 14.8. The van der Waals surface area contributed by atoms with Crippen molar-refractivity contribution in [2.45, 2.75) is 5.16 Å². The summed E-state index contributed by atoms with van der Waals surface area (Å²) in [6, 6.07) is 9.31. The Morgan fingerprint density at radius 1 is 1.00 bits per heavy atom. The van der Waals surface area contributed by atoms with Crippen molar-refractivity contribution in [1.29, 1.82) is 0 Å². The number of amides is 2. The highest BCUT2D eigenvalue weighted by Gasteiger charge is 2.18. The topological polar surface area (TPSA) is 132 Å². The van der Waals surface area contributed by atoms with Gasteiger partial charge < -0.3 is 21.1 Å². The average molecular weight is 527 g/mol. The minimum absolute atomic E-state index is 0.0210. The molecule has 0 spiro atoms. The molecule has 0 bridgehead atoms. The molecule has 4 rings (SSSR count). The monoisotopic (exact) mass is 526 g/mol. The fourth-order valence-corrected chi connectivity index (χ4v) is 3.38. The van der Waals surface area contributed by atoms with E-state index < -0.39 is 29.3 Å². The van der Waals surface area contributed by atoms with Gasteiger partial charge in [0, 0.05) is 36.3 Å². The van der Waals surface area contributed by atoms with Gasteiger partial charge in [-0.2, -0.15) is 0 Å². The molecular weight excluding hydrogens is 509 g/mol. The molecular formula is C24H17F3N6O3S. The number of thioether (sulfide) groups is 1. The summed E-state index contributed by atoms with van der Waals surface area (Å²) in [5.74, 6) is -4.03. The lowest BCUT2D eigenvalue weighted by atomic mass is 10.2. The smallest absolute Gasteiger partial charge is 0.267 e. The first-order chi connectivity index (χ1) is 17.7. The number of nitrogens with two attached hydrogens (primary N) is 1.